The molecule has 0 aromatic heterocycles. The second-order valence-electron chi connectivity index (χ2n) is 7.59. The third-order valence-corrected chi connectivity index (χ3v) is 5.69. The molecule has 160 valence electrons. The number of carbonyl (C=O) groups is 3. The van der Waals surface area contributed by atoms with Crippen molar-refractivity contribution < 1.29 is 23.9 Å². The Morgan fingerprint density at radius 1 is 0.844 bits per heavy atom. The van der Waals surface area contributed by atoms with Crippen LogP contribution in [0.15, 0.2) is 78.9 Å². The molecule has 32 heavy (non-hydrogen) atoms. The highest BCUT2D eigenvalue weighted by Crippen LogP contribution is 2.36. The highest BCUT2D eigenvalue weighted by molar-refractivity contribution is 6.13. The third-order valence-electron chi connectivity index (χ3n) is 5.69. The smallest absolute Gasteiger partial charge is 0.325 e. The summed E-state index contributed by atoms with van der Waals surface area (Å²) < 4.78 is 11.0. The molecule has 0 bridgehead atoms. The molecule has 0 atom stereocenters. The summed E-state index contributed by atoms with van der Waals surface area (Å²) >= 11 is 0. The molecule has 7 heteroatoms. The minimum Gasteiger partial charge on any atom is -0.486 e. The highest BCUT2D eigenvalue weighted by atomic mass is 16.6. The number of amides is 3. The average molecular weight is 428 g/mol. The van der Waals surface area contributed by atoms with Gasteiger partial charge in [-0.1, -0.05) is 60.7 Å². The number of rotatable bonds is 5. The first-order chi connectivity index (χ1) is 15.6. The number of urea groups is 1. The maximum Gasteiger partial charge on any atom is 0.325 e. The van der Waals surface area contributed by atoms with Crippen molar-refractivity contribution in [3.05, 3.63) is 95.6 Å². The van der Waals surface area contributed by atoms with Gasteiger partial charge in [-0.05, 0) is 29.3 Å². The Morgan fingerprint density at radius 2 is 1.44 bits per heavy atom. The molecule has 2 aliphatic rings. The quantitative estimate of drug-likeness (QED) is 0.499. The number of fused-ring (bicyclic) bond motifs is 1. The van der Waals surface area contributed by atoms with Crippen molar-refractivity contribution in [3.8, 4) is 11.5 Å². The van der Waals surface area contributed by atoms with Crippen LogP contribution in [0.3, 0.4) is 0 Å². The number of benzene rings is 3. The predicted octanol–water partition coefficient (Wildman–Crippen LogP) is 3.14. The van der Waals surface area contributed by atoms with Crippen LogP contribution in [-0.4, -0.2) is 42.4 Å². The number of Topliss-reactive ketones (excluding diaryl/α,β-unsaturated/α-hetero) is 1. The number of nitrogens with zero attached hydrogens (tertiary/aromatic N) is 1. The van der Waals surface area contributed by atoms with Crippen molar-refractivity contribution in [3.63, 3.8) is 0 Å². The van der Waals surface area contributed by atoms with Gasteiger partial charge in [0.25, 0.3) is 5.91 Å². The SMILES string of the molecule is O=C(CN1C(=O)NC(c2ccccc2)(c2ccccc2)C1=O)c1ccc2c(c1)OCCO2. The normalized spacial score (nSPS) is 16.6. The lowest BCUT2D eigenvalue weighted by Gasteiger charge is -2.28. The number of ketones is 1. The Morgan fingerprint density at radius 3 is 2.06 bits per heavy atom. The monoisotopic (exact) mass is 428 g/mol. The van der Waals surface area contributed by atoms with E-state index >= 15 is 0 Å². The van der Waals surface area contributed by atoms with Crippen LogP contribution in [0.1, 0.15) is 21.5 Å². The number of hydrogen-bond acceptors (Lipinski definition) is 5. The first-order valence-corrected chi connectivity index (χ1v) is 10.3. The maximum absolute atomic E-state index is 13.7. The number of imide groups is 1. The van der Waals surface area contributed by atoms with E-state index in [1.807, 2.05) is 36.4 Å². The van der Waals surface area contributed by atoms with Gasteiger partial charge >= 0.3 is 6.03 Å². The Bertz CT molecular complexity index is 1150. The molecule has 2 aliphatic heterocycles. The van der Waals surface area contributed by atoms with Gasteiger partial charge in [0, 0.05) is 5.56 Å². The Balaban J connectivity index is 1.48. The average Bonchev–Trinajstić information content (AvgIpc) is 3.10. The molecule has 2 heterocycles. The van der Waals surface area contributed by atoms with E-state index in [-0.39, 0.29) is 12.3 Å². The van der Waals surface area contributed by atoms with Crippen LogP contribution in [-0.2, 0) is 10.3 Å². The van der Waals surface area contributed by atoms with Crippen LogP contribution < -0.4 is 14.8 Å². The van der Waals surface area contributed by atoms with E-state index in [0.717, 1.165) is 4.90 Å². The summed E-state index contributed by atoms with van der Waals surface area (Å²) in [6.07, 6.45) is 0. The Kier molecular flexibility index (Phi) is 4.86. The van der Waals surface area contributed by atoms with E-state index in [0.29, 0.717) is 41.4 Å². The largest absolute Gasteiger partial charge is 0.486 e. The van der Waals surface area contributed by atoms with Crippen molar-refractivity contribution in [1.82, 2.24) is 10.2 Å². The van der Waals surface area contributed by atoms with Gasteiger partial charge in [-0.2, -0.15) is 0 Å². The van der Waals surface area contributed by atoms with Crippen LogP contribution in [0, 0.1) is 0 Å². The van der Waals surface area contributed by atoms with Crippen LogP contribution in [0.25, 0.3) is 0 Å². The van der Waals surface area contributed by atoms with Crippen LogP contribution >= 0.6 is 0 Å². The fourth-order valence-corrected chi connectivity index (χ4v) is 4.11. The highest BCUT2D eigenvalue weighted by Gasteiger charge is 2.54. The molecule has 3 aromatic carbocycles. The summed E-state index contributed by atoms with van der Waals surface area (Å²) in [5, 5.41) is 2.85. The van der Waals surface area contributed by atoms with E-state index in [1.54, 1.807) is 42.5 Å². The molecule has 0 unspecified atom stereocenters. The van der Waals surface area contributed by atoms with Crippen molar-refractivity contribution in [2.45, 2.75) is 5.54 Å². The van der Waals surface area contributed by atoms with E-state index < -0.39 is 17.5 Å². The molecule has 0 saturated carbocycles. The van der Waals surface area contributed by atoms with Crippen molar-refractivity contribution in [1.29, 1.82) is 0 Å². The number of ether oxygens (including phenoxy) is 2. The molecule has 1 fully saturated rings. The zero-order valence-electron chi connectivity index (χ0n) is 17.1. The second kappa shape index (κ2) is 7.85. The van der Waals surface area contributed by atoms with Gasteiger partial charge in [0.15, 0.2) is 22.8 Å². The zero-order valence-corrected chi connectivity index (χ0v) is 17.1. The lowest BCUT2D eigenvalue weighted by atomic mass is 9.82. The summed E-state index contributed by atoms with van der Waals surface area (Å²) in [5.74, 6) is 0.172. The fraction of sp³-hybridized carbons (Fsp3) is 0.160. The lowest BCUT2D eigenvalue weighted by Crippen LogP contribution is -2.45. The summed E-state index contributed by atoms with van der Waals surface area (Å²) in [6.45, 7) is 0.462. The van der Waals surface area contributed by atoms with Gasteiger partial charge in [0.05, 0.1) is 6.54 Å². The fourth-order valence-electron chi connectivity index (χ4n) is 4.11. The van der Waals surface area contributed by atoms with Crippen molar-refractivity contribution in [2.24, 2.45) is 0 Å². The van der Waals surface area contributed by atoms with Gasteiger partial charge < -0.3 is 14.8 Å². The van der Waals surface area contributed by atoms with Gasteiger partial charge in [-0.25, -0.2) is 4.79 Å². The molecule has 7 nitrogen and oxygen atoms in total. The van der Waals surface area contributed by atoms with E-state index in [2.05, 4.69) is 5.32 Å². The summed E-state index contributed by atoms with van der Waals surface area (Å²) in [4.78, 5) is 40.6. The Labute approximate surface area is 184 Å². The minimum atomic E-state index is -1.40. The molecule has 0 radical (unpaired) electrons. The first-order valence-electron chi connectivity index (χ1n) is 10.3. The molecule has 1 N–H and O–H groups in total. The number of nitrogens with one attached hydrogen (secondary N) is 1. The van der Waals surface area contributed by atoms with Crippen LogP contribution in [0.2, 0.25) is 0 Å². The molecule has 0 spiro atoms. The second-order valence-corrected chi connectivity index (χ2v) is 7.59. The lowest BCUT2D eigenvalue weighted by molar-refractivity contribution is -0.129. The molecule has 1 saturated heterocycles. The van der Waals surface area contributed by atoms with Crippen molar-refractivity contribution in [2.75, 3.05) is 19.8 Å². The molecule has 3 amide bonds. The summed E-state index contributed by atoms with van der Waals surface area (Å²) in [7, 11) is 0. The van der Waals surface area contributed by atoms with Gasteiger partial charge in [0.1, 0.15) is 13.2 Å². The van der Waals surface area contributed by atoms with Gasteiger partial charge in [-0.15, -0.1) is 0 Å². The van der Waals surface area contributed by atoms with E-state index in [1.165, 1.54) is 0 Å². The van der Waals surface area contributed by atoms with Crippen LogP contribution in [0.5, 0.6) is 11.5 Å². The summed E-state index contributed by atoms with van der Waals surface area (Å²) in [5.41, 5.74) is 0.191. The molecular weight excluding hydrogens is 408 g/mol. The standard InChI is InChI=1S/C25H20N2O5/c28-20(17-11-12-21-22(15-17)32-14-13-31-21)16-27-23(29)25(26-24(27)30,18-7-3-1-4-8-18)19-9-5-2-6-10-19/h1-12,15H,13-14,16H2,(H,26,30). The van der Waals surface area contributed by atoms with E-state index in [4.69, 9.17) is 9.47 Å². The minimum absolute atomic E-state index is 0.340. The van der Waals surface area contributed by atoms with Crippen molar-refractivity contribution >= 4 is 17.7 Å². The molecular formula is C25H20N2O5. The Hall–Kier alpha value is -4.13. The number of hydrogen-bond donors (Lipinski definition) is 1. The zero-order chi connectivity index (χ0) is 22.1. The van der Waals surface area contributed by atoms with E-state index in [9.17, 15) is 14.4 Å². The molecule has 0 aliphatic carbocycles. The van der Waals surface area contributed by atoms with Gasteiger partial charge in [0.2, 0.25) is 0 Å². The van der Waals surface area contributed by atoms with Crippen LogP contribution in [0.4, 0.5) is 4.79 Å². The molecule has 5 rings (SSSR count). The first kappa shape index (κ1) is 19.8. The number of carbonyl (C=O) groups excluding carboxylic acids is 3. The molecule has 3 aromatic rings. The third kappa shape index (κ3) is 3.19. The maximum atomic E-state index is 13.7. The topological polar surface area (TPSA) is 84.9 Å². The summed E-state index contributed by atoms with van der Waals surface area (Å²) in [6, 6.07) is 22.3. The van der Waals surface area contributed by atoms with Gasteiger partial charge in [-0.3, -0.25) is 14.5 Å². The predicted molar refractivity (Wildman–Crippen MR) is 116 cm³/mol.